The molecule has 138 valence electrons. The Balaban J connectivity index is 1.77. The lowest BCUT2D eigenvalue weighted by molar-refractivity contribution is -0.119. The number of rotatable bonds is 4. The van der Waals surface area contributed by atoms with Crippen LogP contribution in [0.15, 0.2) is 29.4 Å². The molecule has 1 amide bonds. The van der Waals surface area contributed by atoms with Crippen molar-refractivity contribution in [2.75, 3.05) is 11.9 Å². The van der Waals surface area contributed by atoms with E-state index in [1.165, 1.54) is 57.8 Å². The van der Waals surface area contributed by atoms with E-state index in [1.807, 2.05) is 31.2 Å². The molecule has 4 heteroatoms. The van der Waals surface area contributed by atoms with Crippen molar-refractivity contribution < 1.29 is 4.79 Å². The van der Waals surface area contributed by atoms with Crippen molar-refractivity contribution in [2.24, 2.45) is 5.10 Å². The number of anilines is 1. The Hall–Kier alpha value is -1.84. The van der Waals surface area contributed by atoms with Crippen molar-refractivity contribution in [1.29, 1.82) is 0 Å². The molecule has 25 heavy (non-hydrogen) atoms. The van der Waals surface area contributed by atoms with Crippen molar-refractivity contribution in [3.05, 3.63) is 29.8 Å². The predicted octanol–water partition coefficient (Wildman–Crippen LogP) is 5.18. The standard InChI is InChI=1S/C21H33N3O/c1-18-13-11-12-16-20(18)22-17-21(25)24-23-19-14-9-7-5-3-2-4-6-8-10-15-19/h11-13,16,22H,2-10,14-15,17H2,1H3,(H,24,25). The summed E-state index contributed by atoms with van der Waals surface area (Å²) in [5, 5.41) is 7.60. The average molecular weight is 344 g/mol. The van der Waals surface area contributed by atoms with Crippen molar-refractivity contribution in [3.63, 3.8) is 0 Å². The maximum absolute atomic E-state index is 12.1. The number of nitrogens with one attached hydrogen (secondary N) is 2. The molecule has 2 rings (SSSR count). The second-order valence-electron chi connectivity index (χ2n) is 7.06. The predicted molar refractivity (Wildman–Crippen MR) is 106 cm³/mol. The molecule has 0 aliphatic heterocycles. The van der Waals surface area contributed by atoms with E-state index in [4.69, 9.17) is 0 Å². The van der Waals surface area contributed by atoms with Crippen molar-refractivity contribution in [2.45, 2.75) is 77.6 Å². The van der Waals surface area contributed by atoms with Gasteiger partial charge >= 0.3 is 0 Å². The highest BCUT2D eigenvalue weighted by Gasteiger charge is 2.05. The first-order valence-corrected chi connectivity index (χ1v) is 9.89. The van der Waals surface area contributed by atoms with Crippen LogP contribution < -0.4 is 10.7 Å². The fraction of sp³-hybridized carbons (Fsp3) is 0.619. The second-order valence-corrected chi connectivity index (χ2v) is 7.06. The lowest BCUT2D eigenvalue weighted by Crippen LogP contribution is -2.27. The first-order valence-electron chi connectivity index (χ1n) is 9.89. The van der Waals surface area contributed by atoms with Crippen LogP contribution in [0.2, 0.25) is 0 Å². The molecule has 0 radical (unpaired) electrons. The van der Waals surface area contributed by atoms with Crippen LogP contribution in [0.25, 0.3) is 0 Å². The molecule has 0 bridgehead atoms. The minimum Gasteiger partial charge on any atom is -0.376 e. The largest absolute Gasteiger partial charge is 0.376 e. The summed E-state index contributed by atoms with van der Waals surface area (Å²) in [4.78, 5) is 12.1. The average Bonchev–Trinajstić information content (AvgIpc) is 2.60. The van der Waals surface area contributed by atoms with E-state index < -0.39 is 0 Å². The number of benzene rings is 1. The van der Waals surface area contributed by atoms with Gasteiger partial charge in [0.2, 0.25) is 0 Å². The Morgan fingerprint density at radius 3 is 2.08 bits per heavy atom. The van der Waals surface area contributed by atoms with Crippen LogP contribution in [0.1, 0.15) is 76.2 Å². The van der Waals surface area contributed by atoms with Gasteiger partial charge in [0.05, 0.1) is 6.54 Å². The maximum atomic E-state index is 12.1. The zero-order valence-electron chi connectivity index (χ0n) is 15.7. The molecule has 0 heterocycles. The number of hydrogen-bond donors (Lipinski definition) is 2. The third-order valence-electron chi connectivity index (χ3n) is 4.85. The molecule has 0 saturated heterocycles. The number of carbonyl (C=O) groups is 1. The summed E-state index contributed by atoms with van der Waals surface area (Å²) in [5.74, 6) is -0.0816. The van der Waals surface area contributed by atoms with Crippen molar-refractivity contribution in [1.82, 2.24) is 5.43 Å². The summed E-state index contributed by atoms with van der Waals surface area (Å²) >= 11 is 0. The highest BCUT2D eigenvalue weighted by Crippen LogP contribution is 2.15. The molecule has 2 N–H and O–H groups in total. The smallest absolute Gasteiger partial charge is 0.259 e. The fourth-order valence-electron chi connectivity index (χ4n) is 3.26. The monoisotopic (exact) mass is 343 g/mol. The van der Waals surface area contributed by atoms with Gasteiger partial charge in [-0.2, -0.15) is 5.10 Å². The number of para-hydroxylation sites is 1. The number of hydrogen-bond acceptors (Lipinski definition) is 3. The number of hydrazone groups is 1. The van der Waals surface area contributed by atoms with E-state index in [9.17, 15) is 4.79 Å². The minimum atomic E-state index is -0.0816. The van der Waals surface area contributed by atoms with Gasteiger partial charge in [-0.05, 0) is 44.2 Å². The molecule has 0 atom stereocenters. The van der Waals surface area contributed by atoms with Crippen LogP contribution in [-0.4, -0.2) is 18.2 Å². The summed E-state index contributed by atoms with van der Waals surface area (Å²) in [6.45, 7) is 2.28. The summed E-state index contributed by atoms with van der Waals surface area (Å²) in [6, 6.07) is 7.99. The molecule has 0 spiro atoms. The molecule has 1 aromatic rings. The molecule has 1 saturated carbocycles. The van der Waals surface area contributed by atoms with Crippen LogP contribution in [-0.2, 0) is 4.79 Å². The van der Waals surface area contributed by atoms with Crippen LogP contribution in [0.4, 0.5) is 5.69 Å². The quantitative estimate of drug-likeness (QED) is 0.740. The first-order chi connectivity index (χ1) is 12.3. The van der Waals surface area contributed by atoms with Crippen molar-refractivity contribution in [3.8, 4) is 0 Å². The Labute approximate surface area is 152 Å². The number of aryl methyl sites for hydroxylation is 1. The van der Waals surface area contributed by atoms with Gasteiger partial charge in [0.15, 0.2) is 0 Å². The number of amides is 1. The zero-order chi connectivity index (χ0) is 17.7. The van der Waals surface area contributed by atoms with Gasteiger partial charge in [-0.3, -0.25) is 4.79 Å². The van der Waals surface area contributed by atoms with Gasteiger partial charge in [-0.1, -0.05) is 63.1 Å². The van der Waals surface area contributed by atoms with E-state index in [0.29, 0.717) is 0 Å². The van der Waals surface area contributed by atoms with Gasteiger partial charge < -0.3 is 5.32 Å². The highest BCUT2D eigenvalue weighted by atomic mass is 16.2. The molecule has 1 fully saturated rings. The molecule has 1 aliphatic carbocycles. The molecule has 0 aromatic heterocycles. The summed E-state index contributed by atoms with van der Waals surface area (Å²) in [7, 11) is 0. The van der Waals surface area contributed by atoms with Gasteiger partial charge in [-0.15, -0.1) is 0 Å². The fourth-order valence-corrected chi connectivity index (χ4v) is 3.26. The number of nitrogens with zero attached hydrogens (tertiary/aromatic N) is 1. The third-order valence-corrected chi connectivity index (χ3v) is 4.85. The second kappa shape index (κ2) is 11.7. The lowest BCUT2D eigenvalue weighted by atomic mass is 10.00. The molecular formula is C21H33N3O. The normalized spacial score (nSPS) is 17.1. The SMILES string of the molecule is Cc1ccccc1NCC(=O)NN=C1CCCCCCCCCCC1. The number of carbonyl (C=O) groups excluding carboxylic acids is 1. The summed E-state index contributed by atoms with van der Waals surface area (Å²) < 4.78 is 0. The minimum absolute atomic E-state index is 0.0816. The zero-order valence-corrected chi connectivity index (χ0v) is 15.7. The van der Waals surface area contributed by atoms with Gasteiger partial charge in [0.25, 0.3) is 5.91 Å². The molecule has 4 nitrogen and oxygen atoms in total. The van der Waals surface area contributed by atoms with Crippen molar-refractivity contribution >= 4 is 17.3 Å². The van der Waals surface area contributed by atoms with Gasteiger partial charge in [0, 0.05) is 11.4 Å². The third kappa shape index (κ3) is 8.19. The maximum Gasteiger partial charge on any atom is 0.259 e. The van der Waals surface area contributed by atoms with Crippen LogP contribution in [0.5, 0.6) is 0 Å². The Morgan fingerprint density at radius 1 is 0.920 bits per heavy atom. The van der Waals surface area contributed by atoms with Crippen LogP contribution >= 0.6 is 0 Å². The Morgan fingerprint density at radius 2 is 1.48 bits per heavy atom. The van der Waals surface area contributed by atoms with Gasteiger partial charge in [0.1, 0.15) is 0 Å². The molecule has 1 aliphatic rings. The van der Waals surface area contributed by atoms with Crippen LogP contribution in [0, 0.1) is 6.92 Å². The highest BCUT2D eigenvalue weighted by molar-refractivity contribution is 5.87. The summed E-state index contributed by atoms with van der Waals surface area (Å²) in [6.07, 6.45) is 13.8. The van der Waals surface area contributed by atoms with Gasteiger partial charge in [-0.25, -0.2) is 5.43 Å². The van der Waals surface area contributed by atoms with Crippen LogP contribution in [0.3, 0.4) is 0 Å². The Bertz CT molecular complexity index is 540. The molecule has 0 unspecified atom stereocenters. The van der Waals surface area contributed by atoms with E-state index in [-0.39, 0.29) is 12.5 Å². The summed E-state index contributed by atoms with van der Waals surface area (Å²) in [5.41, 5.74) is 6.03. The van der Waals surface area contributed by atoms with E-state index in [1.54, 1.807) is 0 Å². The van der Waals surface area contributed by atoms with E-state index in [2.05, 4.69) is 15.8 Å². The topological polar surface area (TPSA) is 53.5 Å². The molecular weight excluding hydrogens is 310 g/mol. The molecule has 1 aromatic carbocycles. The lowest BCUT2D eigenvalue weighted by Gasteiger charge is -2.11. The first kappa shape index (κ1) is 19.5. The van der Waals surface area contributed by atoms with E-state index in [0.717, 1.165) is 29.8 Å². The van der Waals surface area contributed by atoms with E-state index >= 15 is 0 Å². The Kier molecular flexibility index (Phi) is 9.09.